The molecular weight excluding hydrogens is 443 g/mol. The molecule has 0 spiro atoms. The fourth-order valence-corrected chi connectivity index (χ4v) is 21.4. The second kappa shape index (κ2) is 11.4. The molecule has 0 radical (unpaired) electrons. The zero-order chi connectivity index (χ0) is 18.8. The third kappa shape index (κ3) is 5.79. The van der Waals surface area contributed by atoms with E-state index in [-0.39, 0.29) is 0 Å². The summed E-state index contributed by atoms with van der Waals surface area (Å²) in [7, 11) is 2.27. The van der Waals surface area contributed by atoms with Gasteiger partial charge in [0.1, 0.15) is 0 Å². The molecule has 0 aliphatic carbocycles. The van der Waals surface area contributed by atoms with Crippen LogP contribution in [-0.4, -0.2) is 27.9 Å². The van der Waals surface area contributed by atoms with E-state index in [1.54, 1.807) is 3.71 Å². The fraction of sp³-hybridized carbons (Fsp3) is 0.591. The Balaban J connectivity index is 2.33. The summed E-state index contributed by atoms with van der Waals surface area (Å²) in [6.45, 7) is 7.03. The summed E-state index contributed by atoms with van der Waals surface area (Å²) in [5.41, 5.74) is 0. The van der Waals surface area contributed by atoms with Crippen molar-refractivity contribution in [1.82, 2.24) is 9.55 Å². The van der Waals surface area contributed by atoms with E-state index >= 15 is 0 Å². The first-order valence-corrected chi connectivity index (χ1v) is 18.7. The van der Waals surface area contributed by atoms with E-state index < -0.39 is 18.4 Å². The normalized spacial score (nSPS) is 11.8. The maximum atomic E-state index is 4.88. The Morgan fingerprint density at radius 1 is 0.885 bits per heavy atom. The van der Waals surface area contributed by atoms with Crippen molar-refractivity contribution >= 4 is 33.8 Å². The first-order chi connectivity index (χ1) is 12.7. The van der Waals surface area contributed by atoms with Crippen molar-refractivity contribution in [3.63, 3.8) is 0 Å². The second-order valence-electron chi connectivity index (χ2n) is 7.49. The topological polar surface area (TPSA) is 17.8 Å². The van der Waals surface area contributed by atoms with Crippen LogP contribution < -0.4 is 3.71 Å². The third-order valence-corrected chi connectivity index (χ3v) is 22.2. The molecular formula is C22H36N2SSn. The van der Waals surface area contributed by atoms with E-state index in [9.17, 15) is 0 Å². The van der Waals surface area contributed by atoms with Crippen LogP contribution in [0.3, 0.4) is 0 Å². The predicted octanol–water partition coefficient (Wildman–Crippen LogP) is 6.63. The maximum absolute atomic E-state index is 4.88. The van der Waals surface area contributed by atoms with Crippen molar-refractivity contribution in [2.75, 3.05) is 0 Å². The van der Waals surface area contributed by atoms with Crippen LogP contribution >= 0.6 is 11.8 Å². The van der Waals surface area contributed by atoms with Gasteiger partial charge in [-0.15, -0.1) is 0 Å². The predicted molar refractivity (Wildman–Crippen MR) is 118 cm³/mol. The summed E-state index contributed by atoms with van der Waals surface area (Å²) in [5.74, 6) is 0. The molecule has 2 rings (SSSR count). The average Bonchev–Trinajstić information content (AvgIpc) is 3.03. The van der Waals surface area contributed by atoms with Gasteiger partial charge in [-0.1, -0.05) is 0 Å². The molecule has 2 nitrogen and oxygen atoms in total. The zero-order valence-corrected chi connectivity index (χ0v) is 20.8. The van der Waals surface area contributed by atoms with Gasteiger partial charge in [0, 0.05) is 0 Å². The fourth-order valence-electron chi connectivity index (χ4n) is 3.88. The molecule has 0 fully saturated rings. The number of rotatable bonds is 12. The van der Waals surface area contributed by atoms with Gasteiger partial charge in [-0.2, -0.15) is 0 Å². The van der Waals surface area contributed by atoms with Crippen molar-refractivity contribution < 1.29 is 0 Å². The molecule has 0 saturated carbocycles. The Morgan fingerprint density at radius 2 is 1.42 bits per heavy atom. The Bertz CT molecular complexity index is 617. The number of hydrogen-bond donors (Lipinski definition) is 0. The van der Waals surface area contributed by atoms with E-state index in [2.05, 4.69) is 68.9 Å². The van der Waals surface area contributed by atoms with Crippen LogP contribution in [0.25, 0.3) is 0 Å². The molecule has 144 valence electrons. The first kappa shape index (κ1) is 21.9. The summed E-state index contributed by atoms with van der Waals surface area (Å²) in [6.07, 6.45) is 10.4. The van der Waals surface area contributed by atoms with E-state index in [0.717, 1.165) is 5.16 Å². The third-order valence-electron chi connectivity index (χ3n) is 5.47. The summed E-state index contributed by atoms with van der Waals surface area (Å²) < 4.78 is 8.63. The molecule has 0 amide bonds. The monoisotopic (exact) mass is 480 g/mol. The van der Waals surface area contributed by atoms with Crippen LogP contribution in [0, 0.1) is 0 Å². The van der Waals surface area contributed by atoms with Crippen LogP contribution in [0.15, 0.2) is 46.6 Å². The Kier molecular flexibility index (Phi) is 9.61. The van der Waals surface area contributed by atoms with E-state index in [1.807, 2.05) is 11.8 Å². The average molecular weight is 479 g/mol. The molecule has 0 bridgehead atoms. The second-order valence-corrected chi connectivity index (χ2v) is 21.6. The van der Waals surface area contributed by atoms with Crippen molar-refractivity contribution in [1.29, 1.82) is 0 Å². The van der Waals surface area contributed by atoms with E-state index in [1.165, 1.54) is 56.7 Å². The number of aromatic nitrogens is 2. The van der Waals surface area contributed by atoms with Crippen molar-refractivity contribution in [2.45, 2.75) is 82.7 Å². The van der Waals surface area contributed by atoms with E-state index in [4.69, 9.17) is 4.98 Å². The van der Waals surface area contributed by atoms with Gasteiger partial charge < -0.3 is 0 Å². The van der Waals surface area contributed by atoms with Crippen LogP contribution in [0.4, 0.5) is 0 Å². The van der Waals surface area contributed by atoms with Crippen LogP contribution in [-0.2, 0) is 7.05 Å². The van der Waals surface area contributed by atoms with Gasteiger partial charge in [-0.3, -0.25) is 0 Å². The molecule has 1 heterocycles. The molecule has 26 heavy (non-hydrogen) atoms. The van der Waals surface area contributed by atoms with Gasteiger partial charge in [0.05, 0.1) is 0 Å². The molecule has 2 aromatic rings. The van der Waals surface area contributed by atoms with Crippen LogP contribution in [0.5, 0.6) is 0 Å². The van der Waals surface area contributed by atoms with Gasteiger partial charge in [-0.05, 0) is 0 Å². The number of imidazole rings is 1. The number of nitrogens with zero attached hydrogens (tertiary/aromatic N) is 2. The molecule has 1 aromatic heterocycles. The van der Waals surface area contributed by atoms with Crippen molar-refractivity contribution in [2.24, 2.45) is 7.05 Å². The van der Waals surface area contributed by atoms with Crippen molar-refractivity contribution in [3.05, 3.63) is 36.5 Å². The van der Waals surface area contributed by atoms with Gasteiger partial charge in [0.15, 0.2) is 0 Å². The standard InChI is InChI=1S/C10H9N2S.3C4H9.Sn/c1-12-8-7-11-10(12)13-9-5-3-2-4-6-9;3*1-3-4-2;/h2-7H,1H3;3*1,3-4H2,2H3;. The van der Waals surface area contributed by atoms with E-state index in [0.29, 0.717) is 0 Å². The summed E-state index contributed by atoms with van der Waals surface area (Å²) in [6, 6.07) is 10.7. The van der Waals surface area contributed by atoms with Crippen LogP contribution in [0.2, 0.25) is 13.3 Å². The molecule has 4 heteroatoms. The quantitative estimate of drug-likeness (QED) is 0.318. The Labute approximate surface area is 169 Å². The van der Waals surface area contributed by atoms with Crippen LogP contribution in [0.1, 0.15) is 59.3 Å². The Morgan fingerprint density at radius 3 is 1.92 bits per heavy atom. The van der Waals surface area contributed by atoms with Crippen molar-refractivity contribution in [3.8, 4) is 0 Å². The summed E-state index contributed by atoms with van der Waals surface area (Å²) >= 11 is -0.591. The summed E-state index contributed by atoms with van der Waals surface area (Å²) in [4.78, 5) is 6.16. The molecule has 0 aliphatic heterocycles. The molecule has 0 saturated heterocycles. The van der Waals surface area contributed by atoms with Gasteiger partial charge in [0.2, 0.25) is 0 Å². The minimum atomic E-state index is -2.40. The number of benzene rings is 1. The molecule has 0 atom stereocenters. The number of unbranched alkanes of at least 4 members (excludes halogenated alkanes) is 3. The molecule has 0 aliphatic rings. The minimum absolute atomic E-state index is 1.16. The Hall–Kier alpha value is -0.421. The number of hydrogen-bond acceptors (Lipinski definition) is 2. The van der Waals surface area contributed by atoms with Gasteiger partial charge >= 0.3 is 170 Å². The first-order valence-electron chi connectivity index (χ1n) is 10.4. The van der Waals surface area contributed by atoms with Gasteiger partial charge in [-0.25, -0.2) is 0 Å². The molecule has 0 N–H and O–H groups in total. The van der Waals surface area contributed by atoms with Gasteiger partial charge in [0.25, 0.3) is 0 Å². The molecule has 1 aromatic carbocycles. The zero-order valence-electron chi connectivity index (χ0n) is 17.1. The molecule has 0 unspecified atom stereocenters. The summed E-state index contributed by atoms with van der Waals surface area (Å²) in [5, 5.41) is 1.16. The SMILES string of the molecule is CCC[CH2][Sn]([CH2]CCC)([CH2]CCC)[c]1cnc(Sc2ccccc2)n1C.